The molecular weight excluding hydrogens is 374 g/mol. The van der Waals surface area contributed by atoms with Crippen molar-refractivity contribution in [2.45, 2.75) is 6.42 Å². The maximum atomic E-state index is 11.9. The first-order valence-corrected chi connectivity index (χ1v) is 8.93. The van der Waals surface area contributed by atoms with Crippen LogP contribution in [0.4, 0.5) is 5.69 Å². The molecule has 0 bridgehead atoms. The van der Waals surface area contributed by atoms with Crippen LogP contribution in [0.1, 0.15) is 5.69 Å². The fraction of sp³-hybridized carbons (Fsp3) is 0.111. The van der Waals surface area contributed by atoms with Crippen LogP contribution in [0.15, 0.2) is 54.0 Å². The summed E-state index contributed by atoms with van der Waals surface area (Å²) in [6.45, 7) is -0.403. The van der Waals surface area contributed by atoms with E-state index in [1.54, 1.807) is 17.5 Å². The van der Waals surface area contributed by atoms with Gasteiger partial charge in [0.1, 0.15) is 5.01 Å². The summed E-state index contributed by atoms with van der Waals surface area (Å²) in [5.74, 6) is -1.01. The Labute approximate surface area is 158 Å². The minimum absolute atomic E-state index is 0.00423. The molecule has 0 spiro atoms. The molecule has 1 N–H and O–H groups in total. The number of benzene rings is 1. The smallest absolute Gasteiger partial charge is 0.312 e. The molecule has 0 aliphatic carbocycles. The van der Waals surface area contributed by atoms with Gasteiger partial charge in [-0.2, -0.15) is 0 Å². The first-order chi connectivity index (χ1) is 12.6. The fourth-order valence-electron chi connectivity index (χ4n) is 2.11. The molecule has 0 radical (unpaired) electrons. The Kier molecular flexibility index (Phi) is 5.93. The topological polar surface area (TPSA) is 81.2 Å². The van der Waals surface area contributed by atoms with Crippen LogP contribution >= 0.6 is 22.9 Å². The number of hydrogen-bond acceptors (Lipinski definition) is 6. The van der Waals surface area contributed by atoms with Gasteiger partial charge in [0.25, 0.3) is 5.91 Å². The number of nitrogens with one attached hydrogen (secondary N) is 1. The summed E-state index contributed by atoms with van der Waals surface area (Å²) < 4.78 is 4.98. The van der Waals surface area contributed by atoms with Crippen molar-refractivity contribution in [1.82, 2.24) is 9.97 Å². The Morgan fingerprint density at radius 2 is 1.96 bits per heavy atom. The molecule has 2 aromatic heterocycles. The third-order valence-corrected chi connectivity index (χ3v) is 4.54. The van der Waals surface area contributed by atoms with Gasteiger partial charge in [0.2, 0.25) is 0 Å². The second-order valence-corrected chi connectivity index (χ2v) is 6.45. The van der Waals surface area contributed by atoms with Gasteiger partial charge < -0.3 is 10.1 Å². The summed E-state index contributed by atoms with van der Waals surface area (Å²) in [5.41, 5.74) is 1.96. The Morgan fingerprint density at radius 3 is 2.73 bits per heavy atom. The Balaban J connectivity index is 1.49. The van der Waals surface area contributed by atoms with Crippen LogP contribution in [-0.2, 0) is 20.7 Å². The number of anilines is 1. The normalized spacial score (nSPS) is 10.3. The van der Waals surface area contributed by atoms with Crippen molar-refractivity contribution in [2.24, 2.45) is 0 Å². The highest BCUT2D eigenvalue weighted by Gasteiger charge is 2.13. The van der Waals surface area contributed by atoms with E-state index in [4.69, 9.17) is 16.3 Å². The molecule has 26 heavy (non-hydrogen) atoms. The molecule has 0 atom stereocenters. The van der Waals surface area contributed by atoms with Crippen molar-refractivity contribution < 1.29 is 14.3 Å². The summed E-state index contributed by atoms with van der Waals surface area (Å²) in [5, 5.41) is 5.34. The van der Waals surface area contributed by atoms with E-state index in [9.17, 15) is 9.59 Å². The van der Waals surface area contributed by atoms with Crippen molar-refractivity contribution in [3.05, 3.63) is 64.9 Å². The van der Waals surface area contributed by atoms with Crippen molar-refractivity contribution in [2.75, 3.05) is 11.9 Å². The van der Waals surface area contributed by atoms with Gasteiger partial charge in [-0.05, 0) is 12.1 Å². The Hall–Kier alpha value is -2.77. The number of aromatic nitrogens is 2. The molecule has 0 saturated heterocycles. The van der Waals surface area contributed by atoms with E-state index in [1.807, 2.05) is 30.3 Å². The highest BCUT2D eigenvalue weighted by atomic mass is 35.5. The number of amides is 1. The van der Waals surface area contributed by atoms with Crippen LogP contribution in [0.2, 0.25) is 5.15 Å². The molecule has 1 amide bonds. The molecule has 3 aromatic rings. The summed E-state index contributed by atoms with van der Waals surface area (Å²) in [4.78, 5) is 32.0. The number of halogens is 1. The standard InChI is InChI=1S/C18H14ClN3O3S/c19-17-14(7-4-8-20-17)22-15(23)10-25-16(24)9-13-11-26-18(21-13)12-5-2-1-3-6-12/h1-8,11H,9-10H2,(H,22,23). The Bertz CT molecular complexity index is 915. The molecule has 0 unspecified atom stereocenters. The second kappa shape index (κ2) is 8.55. The van der Waals surface area contributed by atoms with E-state index in [-0.39, 0.29) is 11.6 Å². The zero-order chi connectivity index (χ0) is 18.4. The summed E-state index contributed by atoms with van der Waals surface area (Å²) >= 11 is 7.30. The third kappa shape index (κ3) is 4.87. The maximum Gasteiger partial charge on any atom is 0.312 e. The van der Waals surface area contributed by atoms with Gasteiger partial charge in [-0.15, -0.1) is 11.3 Å². The molecule has 132 valence electrons. The minimum Gasteiger partial charge on any atom is -0.455 e. The van der Waals surface area contributed by atoms with Gasteiger partial charge in [-0.1, -0.05) is 41.9 Å². The van der Waals surface area contributed by atoms with Gasteiger partial charge in [-0.25, -0.2) is 9.97 Å². The quantitative estimate of drug-likeness (QED) is 0.516. The molecule has 8 heteroatoms. The number of pyridine rings is 1. The number of carbonyl (C=O) groups is 2. The lowest BCUT2D eigenvalue weighted by molar-refractivity contribution is -0.146. The second-order valence-electron chi connectivity index (χ2n) is 5.24. The van der Waals surface area contributed by atoms with Crippen LogP contribution in [0.5, 0.6) is 0 Å². The van der Waals surface area contributed by atoms with Gasteiger partial charge in [0.15, 0.2) is 11.8 Å². The maximum absolute atomic E-state index is 11.9. The number of ether oxygens (including phenoxy) is 1. The van der Waals surface area contributed by atoms with Crippen molar-refractivity contribution >= 4 is 40.5 Å². The number of esters is 1. The van der Waals surface area contributed by atoms with Crippen LogP contribution in [0.25, 0.3) is 10.6 Å². The van der Waals surface area contributed by atoms with Crippen molar-refractivity contribution in [3.63, 3.8) is 0 Å². The lowest BCUT2D eigenvalue weighted by Gasteiger charge is -2.06. The van der Waals surface area contributed by atoms with E-state index in [1.165, 1.54) is 17.5 Å². The van der Waals surface area contributed by atoms with Crippen molar-refractivity contribution in [1.29, 1.82) is 0 Å². The van der Waals surface area contributed by atoms with E-state index in [0.717, 1.165) is 10.6 Å². The largest absolute Gasteiger partial charge is 0.455 e. The first kappa shape index (κ1) is 18.0. The number of thiazole rings is 1. The number of carbonyl (C=O) groups excluding carboxylic acids is 2. The molecule has 0 aliphatic heterocycles. The summed E-state index contributed by atoms with van der Waals surface area (Å²) in [6, 6.07) is 12.9. The fourth-order valence-corrected chi connectivity index (χ4v) is 3.10. The minimum atomic E-state index is -0.526. The Morgan fingerprint density at radius 1 is 1.15 bits per heavy atom. The predicted molar refractivity (Wildman–Crippen MR) is 100 cm³/mol. The molecule has 0 aliphatic rings. The molecular formula is C18H14ClN3O3S. The van der Waals surface area contributed by atoms with E-state index in [0.29, 0.717) is 11.4 Å². The molecule has 0 saturated carbocycles. The molecule has 2 heterocycles. The monoisotopic (exact) mass is 387 g/mol. The molecule has 1 aromatic carbocycles. The third-order valence-electron chi connectivity index (χ3n) is 3.30. The highest BCUT2D eigenvalue weighted by molar-refractivity contribution is 7.13. The van der Waals surface area contributed by atoms with Crippen LogP contribution < -0.4 is 5.32 Å². The van der Waals surface area contributed by atoms with Crippen LogP contribution in [0.3, 0.4) is 0 Å². The van der Waals surface area contributed by atoms with Gasteiger partial charge in [0, 0.05) is 17.1 Å². The average Bonchev–Trinajstić information content (AvgIpc) is 3.11. The van der Waals surface area contributed by atoms with Crippen molar-refractivity contribution in [3.8, 4) is 10.6 Å². The zero-order valence-corrected chi connectivity index (χ0v) is 15.1. The molecule has 3 rings (SSSR count). The van der Waals surface area contributed by atoms with Gasteiger partial charge in [0.05, 0.1) is 17.8 Å². The molecule has 6 nitrogen and oxygen atoms in total. The summed E-state index contributed by atoms with van der Waals surface area (Å²) in [6.07, 6.45) is 1.51. The summed E-state index contributed by atoms with van der Waals surface area (Å²) in [7, 11) is 0. The van der Waals surface area contributed by atoms with Crippen LogP contribution in [0, 0.1) is 0 Å². The SMILES string of the molecule is O=C(COC(=O)Cc1csc(-c2ccccc2)n1)Nc1cccnc1Cl. The number of hydrogen-bond donors (Lipinski definition) is 1. The van der Waals surface area contributed by atoms with E-state index < -0.39 is 18.5 Å². The van der Waals surface area contributed by atoms with E-state index >= 15 is 0 Å². The van der Waals surface area contributed by atoms with Crippen LogP contribution in [-0.4, -0.2) is 28.5 Å². The average molecular weight is 388 g/mol. The lowest BCUT2D eigenvalue weighted by atomic mass is 10.2. The zero-order valence-electron chi connectivity index (χ0n) is 13.5. The number of rotatable bonds is 6. The van der Waals surface area contributed by atoms with E-state index in [2.05, 4.69) is 15.3 Å². The van der Waals surface area contributed by atoms with Gasteiger partial charge in [-0.3, -0.25) is 9.59 Å². The van der Waals surface area contributed by atoms with Gasteiger partial charge >= 0.3 is 5.97 Å². The first-order valence-electron chi connectivity index (χ1n) is 7.67. The highest BCUT2D eigenvalue weighted by Crippen LogP contribution is 2.23. The lowest BCUT2D eigenvalue weighted by Crippen LogP contribution is -2.22. The molecule has 0 fully saturated rings. The predicted octanol–water partition coefficient (Wildman–Crippen LogP) is 3.58. The number of nitrogens with zero attached hydrogens (tertiary/aromatic N) is 2.